The van der Waals surface area contributed by atoms with E-state index in [9.17, 15) is 0 Å². The number of nitrogens with two attached hydrogens (primary N) is 1. The van der Waals surface area contributed by atoms with Gasteiger partial charge in [0.15, 0.2) is 22.8 Å². The third kappa shape index (κ3) is 2.67. The molecule has 10 heteroatoms. The van der Waals surface area contributed by atoms with Gasteiger partial charge in [-0.2, -0.15) is 0 Å². The van der Waals surface area contributed by atoms with E-state index in [-0.39, 0.29) is 5.95 Å². The minimum atomic E-state index is -0.476. The summed E-state index contributed by atoms with van der Waals surface area (Å²) < 4.78 is 13.8. The molecular weight excluding hydrogens is 384 g/mol. The Kier molecular flexibility index (Phi) is 3.79. The fourth-order valence-corrected chi connectivity index (χ4v) is 4.78. The number of anilines is 2. The summed E-state index contributed by atoms with van der Waals surface area (Å²) in [5.41, 5.74) is 7.58. The number of imidazole rings is 1. The summed E-state index contributed by atoms with van der Waals surface area (Å²) in [5, 5.41) is 0. The lowest BCUT2D eigenvalue weighted by atomic mass is 10.0. The maximum absolute atomic E-state index is 5.98. The first-order valence-corrected chi connectivity index (χ1v) is 10.3. The molecule has 0 saturated carbocycles. The molecule has 10 nitrogen and oxygen atoms in total. The topological polar surface area (TPSA) is 117 Å². The predicted octanol–water partition coefficient (Wildman–Crippen LogP) is 1.21. The van der Waals surface area contributed by atoms with Crippen LogP contribution in [0, 0.1) is 11.8 Å². The van der Waals surface area contributed by atoms with E-state index in [4.69, 9.17) is 30.2 Å². The van der Waals surface area contributed by atoms with Crippen molar-refractivity contribution in [1.82, 2.24) is 29.5 Å². The van der Waals surface area contributed by atoms with Crippen molar-refractivity contribution >= 4 is 22.9 Å². The zero-order valence-corrected chi connectivity index (χ0v) is 17.1. The van der Waals surface area contributed by atoms with Crippen molar-refractivity contribution in [2.75, 3.05) is 43.5 Å². The molecule has 0 aromatic carbocycles. The van der Waals surface area contributed by atoms with Crippen LogP contribution in [0.25, 0.3) is 22.6 Å². The first-order valence-electron chi connectivity index (χ1n) is 10.3. The van der Waals surface area contributed by atoms with Gasteiger partial charge in [0, 0.05) is 43.9 Å². The summed E-state index contributed by atoms with van der Waals surface area (Å²) in [6.45, 7) is 8.88. The summed E-state index contributed by atoms with van der Waals surface area (Å²) in [4.78, 5) is 25.4. The van der Waals surface area contributed by atoms with E-state index in [0.29, 0.717) is 30.8 Å². The molecule has 3 aliphatic rings. The van der Waals surface area contributed by atoms with E-state index in [0.717, 1.165) is 54.7 Å². The zero-order valence-electron chi connectivity index (χ0n) is 17.1. The van der Waals surface area contributed by atoms with Gasteiger partial charge in [0.25, 0.3) is 0 Å². The number of fused-ring (bicyclic) bond motifs is 4. The molecule has 0 aliphatic carbocycles. The number of rotatable bonds is 2. The van der Waals surface area contributed by atoms with Crippen LogP contribution in [0.1, 0.15) is 19.7 Å². The smallest absolute Gasteiger partial charge is 0.219 e. The Bertz CT molecular complexity index is 1110. The Morgan fingerprint density at radius 3 is 2.53 bits per heavy atom. The van der Waals surface area contributed by atoms with Gasteiger partial charge in [-0.1, -0.05) is 0 Å². The predicted molar refractivity (Wildman–Crippen MR) is 110 cm³/mol. The second-order valence-electron chi connectivity index (χ2n) is 8.78. The quantitative estimate of drug-likeness (QED) is 0.667. The SMILES string of the molecule is CC1(C)OCCn2c1nc1c(N3CC4COCC4C3)nc(-c3cnc(N)nc3)nc12. The molecule has 2 saturated heterocycles. The fourth-order valence-electron chi connectivity index (χ4n) is 4.78. The molecule has 3 aliphatic heterocycles. The Labute approximate surface area is 173 Å². The van der Waals surface area contributed by atoms with Crippen molar-refractivity contribution < 1.29 is 9.47 Å². The molecule has 0 amide bonds. The van der Waals surface area contributed by atoms with Crippen LogP contribution in [-0.2, 0) is 21.6 Å². The Balaban J connectivity index is 1.55. The van der Waals surface area contributed by atoms with E-state index in [1.165, 1.54) is 0 Å². The number of aromatic nitrogens is 6. The molecule has 6 heterocycles. The lowest BCUT2D eigenvalue weighted by molar-refractivity contribution is -0.0530. The lowest BCUT2D eigenvalue weighted by Crippen LogP contribution is -2.33. The van der Waals surface area contributed by atoms with Crippen LogP contribution in [0.2, 0.25) is 0 Å². The number of nitrogen functional groups attached to an aromatic ring is 1. The van der Waals surface area contributed by atoms with Crippen LogP contribution >= 0.6 is 0 Å². The Morgan fingerprint density at radius 1 is 1.07 bits per heavy atom. The van der Waals surface area contributed by atoms with Crippen molar-refractivity contribution in [2.24, 2.45) is 11.8 Å². The van der Waals surface area contributed by atoms with Crippen molar-refractivity contribution in [3.8, 4) is 11.4 Å². The molecule has 30 heavy (non-hydrogen) atoms. The van der Waals surface area contributed by atoms with Crippen molar-refractivity contribution in [3.05, 3.63) is 18.2 Å². The molecule has 2 atom stereocenters. The van der Waals surface area contributed by atoms with Gasteiger partial charge < -0.3 is 24.7 Å². The van der Waals surface area contributed by atoms with Crippen LogP contribution in [0.5, 0.6) is 0 Å². The summed E-state index contributed by atoms with van der Waals surface area (Å²) in [6, 6.07) is 0. The maximum Gasteiger partial charge on any atom is 0.219 e. The lowest BCUT2D eigenvalue weighted by Gasteiger charge is -2.30. The zero-order chi connectivity index (χ0) is 20.5. The highest BCUT2D eigenvalue weighted by Gasteiger charge is 2.40. The first kappa shape index (κ1) is 18.0. The van der Waals surface area contributed by atoms with Crippen LogP contribution in [0.15, 0.2) is 12.4 Å². The number of nitrogens with zero attached hydrogens (tertiary/aromatic N) is 7. The van der Waals surface area contributed by atoms with Gasteiger partial charge in [-0.3, -0.25) is 0 Å². The van der Waals surface area contributed by atoms with Gasteiger partial charge in [-0.15, -0.1) is 0 Å². The van der Waals surface area contributed by atoms with Crippen LogP contribution < -0.4 is 10.6 Å². The summed E-state index contributed by atoms with van der Waals surface area (Å²) in [6.07, 6.45) is 3.33. The van der Waals surface area contributed by atoms with E-state index in [1.54, 1.807) is 12.4 Å². The van der Waals surface area contributed by atoms with Gasteiger partial charge in [0.05, 0.1) is 25.4 Å². The maximum atomic E-state index is 5.98. The monoisotopic (exact) mass is 408 g/mol. The fraction of sp³-hybridized carbons (Fsp3) is 0.550. The Morgan fingerprint density at radius 2 is 1.80 bits per heavy atom. The highest BCUT2D eigenvalue weighted by Crippen LogP contribution is 2.38. The molecule has 0 spiro atoms. The highest BCUT2D eigenvalue weighted by atomic mass is 16.5. The average Bonchev–Trinajstić information content (AvgIpc) is 3.41. The normalized spacial score (nSPS) is 24.9. The van der Waals surface area contributed by atoms with Gasteiger partial charge in [0.2, 0.25) is 5.95 Å². The number of hydrogen-bond acceptors (Lipinski definition) is 9. The van der Waals surface area contributed by atoms with Gasteiger partial charge in [-0.05, 0) is 13.8 Å². The van der Waals surface area contributed by atoms with E-state index < -0.39 is 5.60 Å². The third-order valence-corrected chi connectivity index (χ3v) is 6.36. The summed E-state index contributed by atoms with van der Waals surface area (Å²) in [5.74, 6) is 3.63. The van der Waals surface area contributed by atoms with Crippen LogP contribution in [0.3, 0.4) is 0 Å². The second kappa shape index (κ2) is 6.32. The molecule has 3 aromatic heterocycles. The van der Waals surface area contributed by atoms with E-state index >= 15 is 0 Å². The standard InChI is InChI=1S/C20H24N8O2/c1-20(2)18-24-14-16(27-7-12-9-29-10-13(12)8-27)25-15(11-5-22-19(21)23-6-11)26-17(14)28(18)3-4-30-20/h5-6,12-13H,3-4,7-10H2,1-2H3,(H2,21,22,23). The molecule has 6 rings (SSSR count). The van der Waals surface area contributed by atoms with Crippen LogP contribution in [-0.4, -0.2) is 62.4 Å². The van der Waals surface area contributed by atoms with Crippen molar-refractivity contribution in [3.63, 3.8) is 0 Å². The first-order chi connectivity index (χ1) is 14.5. The molecular formula is C20H24N8O2. The largest absolute Gasteiger partial charge is 0.381 e. The van der Waals surface area contributed by atoms with Gasteiger partial charge in [0.1, 0.15) is 11.4 Å². The molecule has 156 valence electrons. The van der Waals surface area contributed by atoms with Gasteiger partial charge in [-0.25, -0.2) is 24.9 Å². The molecule has 2 unspecified atom stereocenters. The summed E-state index contributed by atoms with van der Waals surface area (Å²) >= 11 is 0. The van der Waals surface area contributed by atoms with Crippen molar-refractivity contribution in [1.29, 1.82) is 0 Å². The number of ether oxygens (including phenoxy) is 2. The molecule has 2 fully saturated rings. The van der Waals surface area contributed by atoms with Crippen molar-refractivity contribution in [2.45, 2.75) is 26.0 Å². The highest BCUT2D eigenvalue weighted by molar-refractivity contribution is 5.86. The average molecular weight is 408 g/mol. The summed E-state index contributed by atoms with van der Waals surface area (Å²) in [7, 11) is 0. The molecule has 0 radical (unpaired) electrons. The Hall–Kier alpha value is -2.85. The molecule has 3 aromatic rings. The van der Waals surface area contributed by atoms with E-state index in [1.807, 2.05) is 13.8 Å². The van der Waals surface area contributed by atoms with Crippen LogP contribution in [0.4, 0.5) is 11.8 Å². The molecule has 0 bridgehead atoms. The number of hydrogen-bond donors (Lipinski definition) is 1. The van der Waals surface area contributed by atoms with Gasteiger partial charge >= 0.3 is 0 Å². The van der Waals surface area contributed by atoms with E-state index in [2.05, 4.69) is 19.4 Å². The minimum absolute atomic E-state index is 0.230. The molecule has 2 N–H and O–H groups in total. The second-order valence-corrected chi connectivity index (χ2v) is 8.78. The third-order valence-electron chi connectivity index (χ3n) is 6.36. The minimum Gasteiger partial charge on any atom is -0.381 e.